The summed E-state index contributed by atoms with van der Waals surface area (Å²) in [7, 11) is -3.66. The first-order valence-electron chi connectivity index (χ1n) is 8.94. The summed E-state index contributed by atoms with van der Waals surface area (Å²) in [5.41, 5.74) is 8.23. The maximum Gasteiger partial charge on any atom is 0.205 e. The molecule has 3 rings (SSSR count). The van der Waals surface area contributed by atoms with Crippen molar-refractivity contribution < 1.29 is 17.9 Å². The van der Waals surface area contributed by atoms with E-state index in [0.717, 1.165) is 23.2 Å². The number of ether oxygens (including phenoxy) is 1. The fourth-order valence-corrected chi connectivity index (χ4v) is 5.35. The molecule has 2 aromatic carbocycles. The average Bonchev–Trinajstić information content (AvgIpc) is 3.00. The van der Waals surface area contributed by atoms with Crippen LogP contribution >= 0.6 is 11.3 Å². The van der Waals surface area contributed by atoms with E-state index in [4.69, 9.17) is 10.5 Å². The molecular formula is C21H22N2O4S2. The van der Waals surface area contributed by atoms with Crippen LogP contribution in [0.25, 0.3) is 0 Å². The van der Waals surface area contributed by atoms with E-state index in [1.54, 1.807) is 36.4 Å². The van der Waals surface area contributed by atoms with Crippen molar-refractivity contribution in [1.82, 2.24) is 0 Å². The number of ketones is 1. The van der Waals surface area contributed by atoms with Crippen molar-refractivity contribution in [3.8, 4) is 5.75 Å². The minimum Gasteiger partial charge on any atom is -0.494 e. The molecule has 3 N–H and O–H groups in total. The van der Waals surface area contributed by atoms with Crippen LogP contribution in [0.3, 0.4) is 0 Å². The van der Waals surface area contributed by atoms with Crippen LogP contribution in [0.15, 0.2) is 53.4 Å². The number of thiophene rings is 1. The van der Waals surface area contributed by atoms with Gasteiger partial charge in [0.25, 0.3) is 0 Å². The van der Waals surface area contributed by atoms with Crippen LogP contribution < -0.4 is 15.8 Å². The van der Waals surface area contributed by atoms with Crippen LogP contribution in [0.4, 0.5) is 16.4 Å². The molecule has 0 radical (unpaired) electrons. The Morgan fingerprint density at radius 2 is 1.72 bits per heavy atom. The van der Waals surface area contributed by atoms with Gasteiger partial charge in [0.2, 0.25) is 5.78 Å². The number of nitrogens with one attached hydrogen (secondary N) is 1. The lowest BCUT2D eigenvalue weighted by atomic mass is 10.1. The summed E-state index contributed by atoms with van der Waals surface area (Å²) >= 11 is 1.03. The van der Waals surface area contributed by atoms with Gasteiger partial charge >= 0.3 is 0 Å². The molecule has 6 nitrogen and oxygen atoms in total. The van der Waals surface area contributed by atoms with E-state index in [1.165, 1.54) is 0 Å². The Kier molecular flexibility index (Phi) is 5.95. The largest absolute Gasteiger partial charge is 0.494 e. The molecule has 1 heterocycles. The third-order valence-electron chi connectivity index (χ3n) is 4.21. The average molecular weight is 431 g/mol. The number of carbonyl (C=O) groups is 1. The molecule has 1 aromatic heterocycles. The molecule has 0 aliphatic heterocycles. The summed E-state index contributed by atoms with van der Waals surface area (Å²) in [6, 6.07) is 14.2. The van der Waals surface area contributed by atoms with E-state index in [2.05, 4.69) is 5.32 Å². The van der Waals surface area contributed by atoms with Gasteiger partial charge in [-0.05, 0) is 38.1 Å². The van der Waals surface area contributed by atoms with Gasteiger partial charge in [-0.3, -0.25) is 4.79 Å². The molecule has 0 spiro atoms. The highest BCUT2D eigenvalue weighted by atomic mass is 32.2. The lowest BCUT2D eigenvalue weighted by Gasteiger charge is -2.08. The summed E-state index contributed by atoms with van der Waals surface area (Å²) in [6.45, 7) is 4.37. The Labute approximate surface area is 174 Å². The van der Waals surface area contributed by atoms with Crippen molar-refractivity contribution in [3.63, 3.8) is 0 Å². The summed E-state index contributed by atoms with van der Waals surface area (Å²) in [6.07, 6.45) is 1.08. The molecule has 0 atom stereocenters. The number of aryl methyl sites for hydroxylation is 1. The van der Waals surface area contributed by atoms with Crippen LogP contribution in [-0.2, 0) is 9.84 Å². The first-order valence-corrected chi connectivity index (χ1v) is 11.6. The molecule has 0 unspecified atom stereocenters. The standard InChI is InChI=1S/C21H22N2O4S2/c1-4-27-16-11-9-15(10-12-16)23-21-20(29(3,25)26)17(22)19(28-21)18(24)14-7-5-13(2)6-8-14/h5-12,23H,4,22H2,1-3H3. The van der Waals surface area contributed by atoms with Crippen LogP contribution in [0, 0.1) is 6.92 Å². The van der Waals surface area contributed by atoms with Gasteiger partial charge in [0.05, 0.1) is 12.3 Å². The van der Waals surface area contributed by atoms with Gasteiger partial charge in [-0.2, -0.15) is 0 Å². The number of nitrogen functional groups attached to an aromatic ring is 1. The highest BCUT2D eigenvalue weighted by molar-refractivity contribution is 7.91. The van der Waals surface area contributed by atoms with Crippen molar-refractivity contribution >= 4 is 43.3 Å². The SMILES string of the molecule is CCOc1ccc(Nc2sc(C(=O)c3ccc(C)cc3)c(N)c2S(C)(=O)=O)cc1. The zero-order chi connectivity index (χ0) is 21.2. The Morgan fingerprint density at radius 3 is 2.28 bits per heavy atom. The summed E-state index contributed by atoms with van der Waals surface area (Å²) in [5.74, 6) is 0.402. The molecule has 0 fully saturated rings. The van der Waals surface area contributed by atoms with E-state index >= 15 is 0 Å². The third kappa shape index (κ3) is 4.60. The molecule has 0 aliphatic rings. The molecule has 0 bridgehead atoms. The maximum atomic E-state index is 12.9. The maximum absolute atomic E-state index is 12.9. The Balaban J connectivity index is 2.01. The van der Waals surface area contributed by atoms with Gasteiger partial charge in [0.15, 0.2) is 9.84 Å². The van der Waals surface area contributed by atoms with Crippen LogP contribution in [0.2, 0.25) is 0 Å². The third-order valence-corrected chi connectivity index (χ3v) is 6.63. The number of hydrogen-bond donors (Lipinski definition) is 2. The monoisotopic (exact) mass is 430 g/mol. The van der Waals surface area contributed by atoms with Crippen LogP contribution in [0.1, 0.15) is 27.7 Å². The fraction of sp³-hybridized carbons (Fsp3) is 0.190. The number of nitrogens with two attached hydrogens (primary N) is 1. The number of sulfone groups is 1. The van der Waals surface area contributed by atoms with Gasteiger partial charge < -0.3 is 15.8 Å². The fourth-order valence-electron chi connectivity index (χ4n) is 2.82. The molecule has 8 heteroatoms. The molecule has 0 saturated carbocycles. The van der Waals surface area contributed by atoms with Crippen molar-refractivity contribution in [1.29, 1.82) is 0 Å². The predicted octanol–water partition coefficient (Wildman–Crippen LogP) is 4.42. The molecule has 0 saturated heterocycles. The van der Waals surface area contributed by atoms with E-state index in [1.807, 2.05) is 26.0 Å². The van der Waals surface area contributed by atoms with Crippen LogP contribution in [0.5, 0.6) is 5.75 Å². The molecule has 0 aliphatic carbocycles. The second kappa shape index (κ2) is 8.26. The number of carbonyl (C=O) groups excluding carboxylic acids is 1. The van der Waals surface area contributed by atoms with Crippen LogP contribution in [-0.4, -0.2) is 27.1 Å². The smallest absolute Gasteiger partial charge is 0.205 e. The topological polar surface area (TPSA) is 98.5 Å². The van der Waals surface area contributed by atoms with Gasteiger partial charge in [-0.25, -0.2) is 8.42 Å². The van der Waals surface area contributed by atoms with Crippen molar-refractivity contribution in [2.75, 3.05) is 23.9 Å². The van der Waals surface area contributed by atoms with Gasteiger partial charge in [0, 0.05) is 17.5 Å². The molecule has 152 valence electrons. The summed E-state index contributed by atoms with van der Waals surface area (Å²) in [4.78, 5) is 13.1. The Morgan fingerprint density at radius 1 is 1.10 bits per heavy atom. The summed E-state index contributed by atoms with van der Waals surface area (Å²) < 4.78 is 30.2. The van der Waals surface area contributed by atoms with Gasteiger partial charge in [-0.1, -0.05) is 29.8 Å². The second-order valence-corrected chi connectivity index (χ2v) is 9.53. The predicted molar refractivity (Wildman–Crippen MR) is 117 cm³/mol. The first kappa shape index (κ1) is 20.9. The Hall–Kier alpha value is -2.84. The highest BCUT2D eigenvalue weighted by Crippen LogP contribution is 2.41. The quantitative estimate of drug-likeness (QED) is 0.539. The number of benzene rings is 2. The summed E-state index contributed by atoms with van der Waals surface area (Å²) in [5, 5.41) is 3.39. The number of anilines is 3. The van der Waals surface area contributed by atoms with Crippen molar-refractivity contribution in [2.24, 2.45) is 0 Å². The van der Waals surface area contributed by atoms with Gasteiger partial charge in [0.1, 0.15) is 20.5 Å². The zero-order valence-electron chi connectivity index (χ0n) is 16.4. The number of hydrogen-bond acceptors (Lipinski definition) is 7. The van der Waals surface area contributed by atoms with E-state index < -0.39 is 9.84 Å². The lowest BCUT2D eigenvalue weighted by Crippen LogP contribution is -2.06. The van der Waals surface area contributed by atoms with Gasteiger partial charge in [-0.15, -0.1) is 11.3 Å². The van der Waals surface area contributed by atoms with E-state index in [0.29, 0.717) is 28.6 Å². The molecule has 3 aromatic rings. The number of rotatable bonds is 7. The van der Waals surface area contributed by atoms with Crippen molar-refractivity contribution in [3.05, 3.63) is 64.5 Å². The van der Waals surface area contributed by atoms with E-state index in [9.17, 15) is 13.2 Å². The zero-order valence-corrected chi connectivity index (χ0v) is 18.0. The minimum absolute atomic E-state index is 0.0310. The van der Waals surface area contributed by atoms with Crippen molar-refractivity contribution in [2.45, 2.75) is 18.7 Å². The molecule has 0 amide bonds. The molecule has 29 heavy (non-hydrogen) atoms. The minimum atomic E-state index is -3.66. The first-order chi connectivity index (χ1) is 13.7. The normalized spacial score (nSPS) is 11.3. The Bertz CT molecular complexity index is 1130. The highest BCUT2D eigenvalue weighted by Gasteiger charge is 2.27. The molecular weight excluding hydrogens is 408 g/mol. The second-order valence-electron chi connectivity index (χ2n) is 6.55. The van der Waals surface area contributed by atoms with E-state index in [-0.39, 0.29) is 21.2 Å². The lowest BCUT2D eigenvalue weighted by molar-refractivity contribution is 0.104.